The second-order valence-corrected chi connectivity index (χ2v) is 12.4. The monoisotopic (exact) mass is 596 g/mol. The van der Waals surface area contributed by atoms with Gasteiger partial charge in [0.2, 0.25) is 23.6 Å². The topological polar surface area (TPSA) is 148 Å². The molecule has 1 aromatic carbocycles. The molecule has 0 saturated carbocycles. The number of imide groups is 2. The number of carbonyl (C=O) groups excluding carboxylic acids is 4. The highest BCUT2D eigenvalue weighted by molar-refractivity contribution is 8.01. The molecule has 5 rings (SSSR count). The van der Waals surface area contributed by atoms with E-state index in [4.69, 9.17) is 0 Å². The first-order chi connectivity index (χ1) is 20.0. The molecule has 0 unspecified atom stereocenters. The van der Waals surface area contributed by atoms with E-state index in [1.165, 1.54) is 6.07 Å². The molecule has 0 radical (unpaired) electrons. The Kier molecular flexibility index (Phi) is 7.87. The fourth-order valence-electron chi connectivity index (χ4n) is 5.02. The first kappa shape index (κ1) is 29.0. The first-order valence-electron chi connectivity index (χ1n) is 13.0. The van der Waals surface area contributed by atoms with Gasteiger partial charge in [0.05, 0.1) is 33.0 Å². The van der Waals surface area contributed by atoms with E-state index in [0.29, 0.717) is 32.6 Å². The summed E-state index contributed by atoms with van der Waals surface area (Å²) in [4.78, 5) is 63.8. The molecule has 2 fully saturated rings. The van der Waals surface area contributed by atoms with Crippen molar-refractivity contribution in [1.82, 2.24) is 9.97 Å². The summed E-state index contributed by atoms with van der Waals surface area (Å²) >= 11 is 2.16. The standard InChI is InChI=1S/C30H24N6O4S2/c1-15-8-17(3)33-27(21(15)13-31)41-23-11-25(37)35(29(23)39)19-6-5-7-20(10-19)36-26(38)12-24(30(36)40)42-28-22(14-32)16(2)9-18(4)34-28/h5-10,23-24H,11-12H2,1-4H3/t23-,24+. The third-order valence-electron chi connectivity index (χ3n) is 6.91. The van der Waals surface area contributed by atoms with Crippen molar-refractivity contribution in [3.05, 3.63) is 70.0 Å². The number of aromatic nitrogens is 2. The Balaban J connectivity index is 1.38. The number of nitrogens with zero attached hydrogens (tertiary/aromatic N) is 6. The van der Waals surface area contributed by atoms with Gasteiger partial charge in [-0.3, -0.25) is 19.2 Å². The number of carbonyl (C=O) groups is 4. The number of nitriles is 2. The molecule has 0 N–H and O–H groups in total. The molecular formula is C30H24N6O4S2. The maximum absolute atomic E-state index is 13.4. The summed E-state index contributed by atoms with van der Waals surface area (Å²) in [7, 11) is 0. The molecule has 2 aliphatic rings. The summed E-state index contributed by atoms with van der Waals surface area (Å²) in [5.41, 5.74) is 4.07. The minimum atomic E-state index is -0.780. The summed E-state index contributed by atoms with van der Waals surface area (Å²) in [5, 5.41) is 18.4. The van der Waals surface area contributed by atoms with Crippen molar-refractivity contribution < 1.29 is 19.2 Å². The van der Waals surface area contributed by atoms with Crippen molar-refractivity contribution in [2.45, 2.75) is 61.1 Å². The van der Waals surface area contributed by atoms with E-state index in [9.17, 15) is 29.7 Å². The van der Waals surface area contributed by atoms with Gasteiger partial charge in [-0.25, -0.2) is 19.8 Å². The highest BCUT2D eigenvalue weighted by Gasteiger charge is 2.43. The molecule has 2 aliphatic heterocycles. The Morgan fingerprint density at radius 1 is 0.714 bits per heavy atom. The van der Waals surface area contributed by atoms with Gasteiger partial charge in [0.25, 0.3) is 0 Å². The summed E-state index contributed by atoms with van der Waals surface area (Å²) in [6.45, 7) is 7.17. The summed E-state index contributed by atoms with van der Waals surface area (Å²) in [6, 6.07) is 14.0. The molecule has 2 atom stereocenters. The molecule has 4 heterocycles. The van der Waals surface area contributed by atoms with Gasteiger partial charge in [-0.05, 0) is 69.2 Å². The smallest absolute Gasteiger partial charge is 0.247 e. The van der Waals surface area contributed by atoms with Gasteiger partial charge in [0.1, 0.15) is 22.2 Å². The number of thioether (sulfide) groups is 2. The highest BCUT2D eigenvalue weighted by Crippen LogP contribution is 2.39. The average molecular weight is 597 g/mol. The van der Waals surface area contributed by atoms with Crippen LogP contribution in [0.1, 0.15) is 46.5 Å². The van der Waals surface area contributed by atoms with Crippen molar-refractivity contribution in [1.29, 1.82) is 10.5 Å². The van der Waals surface area contributed by atoms with Crippen LogP contribution in [0.5, 0.6) is 0 Å². The van der Waals surface area contributed by atoms with Crippen LogP contribution in [0.25, 0.3) is 0 Å². The lowest BCUT2D eigenvalue weighted by Crippen LogP contribution is -2.33. The molecule has 12 heteroatoms. The quantitative estimate of drug-likeness (QED) is 0.377. The maximum Gasteiger partial charge on any atom is 0.247 e. The predicted molar refractivity (Wildman–Crippen MR) is 157 cm³/mol. The zero-order valence-electron chi connectivity index (χ0n) is 23.2. The third-order valence-corrected chi connectivity index (χ3v) is 9.25. The van der Waals surface area contributed by atoms with E-state index in [1.54, 1.807) is 58.0 Å². The number of rotatable bonds is 6. The number of pyridine rings is 2. The molecule has 0 spiro atoms. The Morgan fingerprint density at radius 2 is 1.12 bits per heavy atom. The summed E-state index contributed by atoms with van der Waals surface area (Å²) < 4.78 is 0. The molecule has 2 aromatic heterocycles. The number of anilines is 2. The second-order valence-electron chi connectivity index (χ2n) is 10.0. The van der Waals surface area contributed by atoms with Crippen molar-refractivity contribution in [3.63, 3.8) is 0 Å². The Bertz CT molecular complexity index is 1650. The lowest BCUT2D eigenvalue weighted by Gasteiger charge is -2.19. The number of benzene rings is 1. The lowest BCUT2D eigenvalue weighted by atomic mass is 10.1. The van der Waals surface area contributed by atoms with Crippen LogP contribution in [0.2, 0.25) is 0 Å². The van der Waals surface area contributed by atoms with Gasteiger partial charge in [0.15, 0.2) is 0 Å². The molecule has 42 heavy (non-hydrogen) atoms. The van der Waals surface area contributed by atoms with Gasteiger partial charge in [-0.2, -0.15) is 10.5 Å². The van der Waals surface area contributed by atoms with E-state index in [0.717, 1.165) is 44.5 Å². The number of aryl methyl sites for hydroxylation is 4. The van der Waals surface area contributed by atoms with Crippen molar-refractivity contribution in [3.8, 4) is 12.1 Å². The van der Waals surface area contributed by atoms with Crippen LogP contribution in [0, 0.1) is 50.4 Å². The normalized spacial score (nSPS) is 18.5. The molecule has 0 bridgehead atoms. The fourth-order valence-corrected chi connectivity index (χ4v) is 7.47. The number of hydrogen-bond donors (Lipinski definition) is 0. The average Bonchev–Trinajstić information content (AvgIpc) is 3.36. The van der Waals surface area contributed by atoms with E-state index < -0.39 is 34.1 Å². The van der Waals surface area contributed by atoms with Gasteiger partial charge in [-0.1, -0.05) is 29.6 Å². The highest BCUT2D eigenvalue weighted by atomic mass is 32.2. The van der Waals surface area contributed by atoms with Crippen LogP contribution in [0.15, 0.2) is 46.5 Å². The minimum absolute atomic E-state index is 0.0856. The van der Waals surface area contributed by atoms with Crippen LogP contribution < -0.4 is 9.80 Å². The van der Waals surface area contributed by atoms with Crippen molar-refractivity contribution in [2.75, 3.05) is 9.80 Å². The van der Waals surface area contributed by atoms with Gasteiger partial charge >= 0.3 is 0 Å². The van der Waals surface area contributed by atoms with Crippen LogP contribution in [0.4, 0.5) is 11.4 Å². The first-order valence-corrected chi connectivity index (χ1v) is 14.7. The van der Waals surface area contributed by atoms with E-state index >= 15 is 0 Å². The predicted octanol–water partition coefficient (Wildman–Crippen LogP) is 4.30. The van der Waals surface area contributed by atoms with Gasteiger partial charge in [-0.15, -0.1) is 0 Å². The lowest BCUT2D eigenvalue weighted by molar-refractivity contribution is -0.122. The molecule has 210 valence electrons. The molecule has 10 nitrogen and oxygen atoms in total. The molecule has 3 aromatic rings. The molecule has 0 aliphatic carbocycles. The Hall–Kier alpha value is -4.52. The van der Waals surface area contributed by atoms with Gasteiger partial charge < -0.3 is 0 Å². The van der Waals surface area contributed by atoms with Crippen LogP contribution >= 0.6 is 23.5 Å². The zero-order chi connectivity index (χ0) is 30.3. The van der Waals surface area contributed by atoms with E-state index in [1.807, 2.05) is 0 Å². The Labute approximate surface area is 250 Å². The molecular weight excluding hydrogens is 573 g/mol. The minimum Gasteiger partial charge on any atom is -0.274 e. The number of amides is 4. The van der Waals surface area contributed by atoms with Gasteiger partial charge in [0, 0.05) is 24.2 Å². The van der Waals surface area contributed by atoms with Crippen LogP contribution in [-0.4, -0.2) is 44.1 Å². The van der Waals surface area contributed by atoms with Crippen molar-refractivity contribution in [2.24, 2.45) is 0 Å². The summed E-state index contributed by atoms with van der Waals surface area (Å²) in [5.74, 6) is -1.81. The summed E-state index contributed by atoms with van der Waals surface area (Å²) in [6.07, 6.45) is -0.171. The second kappa shape index (κ2) is 11.4. The number of hydrogen-bond acceptors (Lipinski definition) is 10. The van der Waals surface area contributed by atoms with Crippen LogP contribution in [0.3, 0.4) is 0 Å². The molecule has 4 amide bonds. The zero-order valence-corrected chi connectivity index (χ0v) is 24.8. The molecule has 2 saturated heterocycles. The van der Waals surface area contributed by atoms with E-state index in [2.05, 4.69) is 22.1 Å². The van der Waals surface area contributed by atoms with Crippen molar-refractivity contribution >= 4 is 58.5 Å². The van der Waals surface area contributed by atoms with E-state index in [-0.39, 0.29) is 24.2 Å². The third kappa shape index (κ3) is 5.27. The SMILES string of the molecule is Cc1cc(C)c(C#N)c(S[C@H]2CC(=O)N(c3cccc(N4C(=O)C[C@@H](Sc5nc(C)cc(C)c5C#N)C4=O)c3)C2=O)n1. The largest absolute Gasteiger partial charge is 0.274 e. The van der Waals surface area contributed by atoms with Crippen LogP contribution in [-0.2, 0) is 19.2 Å². The fraction of sp³-hybridized carbons (Fsp3) is 0.267. The maximum atomic E-state index is 13.4. The Morgan fingerprint density at radius 3 is 1.50 bits per heavy atom.